The van der Waals surface area contributed by atoms with E-state index in [4.69, 9.17) is 6.57 Å². The van der Waals surface area contributed by atoms with Gasteiger partial charge in [-0.2, -0.15) is 0 Å². The van der Waals surface area contributed by atoms with Crippen molar-refractivity contribution in [2.75, 3.05) is 0 Å². The number of benzene rings is 2. The van der Waals surface area contributed by atoms with Crippen LogP contribution in [0.15, 0.2) is 60.8 Å². The number of hydrogen-bond acceptors (Lipinski definition) is 1. The van der Waals surface area contributed by atoms with Crippen molar-refractivity contribution in [1.29, 1.82) is 0 Å². The van der Waals surface area contributed by atoms with Gasteiger partial charge in [0.25, 0.3) is 0 Å². The molecule has 0 aliphatic rings. The summed E-state index contributed by atoms with van der Waals surface area (Å²) < 4.78 is 0. The second-order valence-corrected chi connectivity index (χ2v) is 4.04. The van der Waals surface area contributed by atoms with Crippen LogP contribution in [0.25, 0.3) is 26.9 Å². The first-order chi connectivity index (χ1) is 8.88. The van der Waals surface area contributed by atoms with Crippen LogP contribution in [0.1, 0.15) is 0 Å². The van der Waals surface area contributed by atoms with Gasteiger partial charge in [-0.1, -0.05) is 42.5 Å². The monoisotopic (exact) mass is 230 g/mol. The molecule has 0 bridgehead atoms. The van der Waals surface area contributed by atoms with Gasteiger partial charge in [-0.3, -0.25) is 4.98 Å². The number of hydrogen-bond donors (Lipinski definition) is 0. The van der Waals surface area contributed by atoms with E-state index in [9.17, 15) is 0 Å². The molecule has 2 aromatic carbocycles. The highest BCUT2D eigenvalue weighted by atomic mass is 14.7. The van der Waals surface area contributed by atoms with Gasteiger partial charge >= 0.3 is 0 Å². The minimum Gasteiger partial charge on any atom is -0.259 e. The molecular formula is C16H10N2. The van der Waals surface area contributed by atoms with E-state index in [1.165, 1.54) is 5.39 Å². The van der Waals surface area contributed by atoms with Crippen LogP contribution in [-0.4, -0.2) is 4.98 Å². The van der Waals surface area contributed by atoms with Crippen LogP contribution in [0.4, 0.5) is 5.69 Å². The zero-order valence-corrected chi connectivity index (χ0v) is 9.67. The molecule has 0 saturated heterocycles. The molecular weight excluding hydrogens is 220 g/mol. The number of rotatable bonds is 1. The van der Waals surface area contributed by atoms with Crippen LogP contribution in [-0.2, 0) is 0 Å². The molecule has 0 fully saturated rings. The lowest BCUT2D eigenvalue weighted by Gasteiger charge is -2.06. The van der Waals surface area contributed by atoms with Crippen molar-refractivity contribution in [3.8, 4) is 11.3 Å². The van der Waals surface area contributed by atoms with E-state index < -0.39 is 0 Å². The molecule has 0 aliphatic carbocycles. The molecule has 84 valence electrons. The minimum absolute atomic E-state index is 0.618. The lowest BCUT2D eigenvalue weighted by Crippen LogP contribution is -1.84. The normalized spacial score (nSPS) is 10.2. The molecule has 1 heterocycles. The Morgan fingerprint density at radius 3 is 2.67 bits per heavy atom. The first kappa shape index (κ1) is 10.5. The van der Waals surface area contributed by atoms with Gasteiger partial charge in [0.15, 0.2) is 5.69 Å². The summed E-state index contributed by atoms with van der Waals surface area (Å²) in [7, 11) is 0. The smallest absolute Gasteiger partial charge is 0.190 e. The third-order valence-electron chi connectivity index (χ3n) is 2.94. The molecule has 0 radical (unpaired) electrons. The third kappa shape index (κ3) is 1.72. The molecule has 0 aliphatic heterocycles. The fourth-order valence-corrected chi connectivity index (χ4v) is 2.08. The Hall–Kier alpha value is -2.66. The van der Waals surface area contributed by atoms with Crippen molar-refractivity contribution in [2.45, 2.75) is 0 Å². The van der Waals surface area contributed by atoms with Gasteiger partial charge in [-0.05, 0) is 22.9 Å². The van der Waals surface area contributed by atoms with Gasteiger partial charge in [0.05, 0.1) is 12.3 Å². The molecule has 0 atom stereocenters. The molecule has 0 unspecified atom stereocenters. The summed E-state index contributed by atoms with van der Waals surface area (Å²) in [6.07, 6.45) is 1.68. The van der Waals surface area contributed by atoms with Crippen LogP contribution in [0.2, 0.25) is 0 Å². The van der Waals surface area contributed by atoms with E-state index >= 15 is 0 Å². The largest absolute Gasteiger partial charge is 0.259 e. The Labute approximate surface area is 105 Å². The summed E-state index contributed by atoms with van der Waals surface area (Å²) >= 11 is 0. The molecule has 0 spiro atoms. The van der Waals surface area contributed by atoms with Crippen molar-refractivity contribution in [3.63, 3.8) is 0 Å². The van der Waals surface area contributed by atoms with E-state index in [1.54, 1.807) is 12.3 Å². The van der Waals surface area contributed by atoms with E-state index in [1.807, 2.05) is 30.3 Å². The van der Waals surface area contributed by atoms with Crippen LogP contribution in [0.5, 0.6) is 0 Å². The maximum Gasteiger partial charge on any atom is 0.190 e. The molecule has 3 aromatic rings. The average Bonchev–Trinajstić information content (AvgIpc) is 2.47. The van der Waals surface area contributed by atoms with Gasteiger partial charge < -0.3 is 0 Å². The number of aromatic nitrogens is 1. The first-order valence-electron chi connectivity index (χ1n) is 5.70. The predicted molar refractivity (Wildman–Crippen MR) is 73.4 cm³/mol. The van der Waals surface area contributed by atoms with Crippen molar-refractivity contribution < 1.29 is 0 Å². The second kappa shape index (κ2) is 4.31. The summed E-state index contributed by atoms with van der Waals surface area (Å²) in [5.41, 5.74) is 2.53. The summed E-state index contributed by atoms with van der Waals surface area (Å²) in [5.74, 6) is 0. The second-order valence-electron chi connectivity index (χ2n) is 4.04. The van der Waals surface area contributed by atoms with Crippen molar-refractivity contribution in [2.24, 2.45) is 0 Å². The fourth-order valence-electron chi connectivity index (χ4n) is 2.08. The highest BCUT2D eigenvalue weighted by molar-refractivity contribution is 5.96. The molecule has 18 heavy (non-hydrogen) atoms. The Morgan fingerprint density at radius 1 is 0.944 bits per heavy atom. The molecule has 0 saturated carbocycles. The standard InChI is InChI=1S/C16H10N2/c1-17-13-9-10-18-16(11-13)15-8-4-6-12-5-2-3-7-14(12)15/h2-11H. The van der Waals surface area contributed by atoms with E-state index in [0.29, 0.717) is 5.69 Å². The summed E-state index contributed by atoms with van der Waals surface area (Å²) in [6.45, 7) is 7.06. The van der Waals surface area contributed by atoms with Gasteiger partial charge in [0.1, 0.15) is 0 Å². The number of pyridine rings is 1. The summed E-state index contributed by atoms with van der Waals surface area (Å²) in [5, 5.41) is 2.35. The highest BCUT2D eigenvalue weighted by Crippen LogP contribution is 2.28. The van der Waals surface area contributed by atoms with Gasteiger partial charge in [0, 0.05) is 11.8 Å². The van der Waals surface area contributed by atoms with Crippen LogP contribution < -0.4 is 0 Å². The van der Waals surface area contributed by atoms with Crippen LogP contribution >= 0.6 is 0 Å². The van der Waals surface area contributed by atoms with Gasteiger partial charge in [0.2, 0.25) is 0 Å². The molecule has 3 rings (SSSR count). The molecule has 1 aromatic heterocycles. The van der Waals surface area contributed by atoms with E-state index in [0.717, 1.165) is 16.6 Å². The minimum atomic E-state index is 0.618. The van der Waals surface area contributed by atoms with Crippen molar-refractivity contribution in [3.05, 3.63) is 72.2 Å². The zero-order valence-electron chi connectivity index (χ0n) is 9.67. The molecule has 0 amide bonds. The summed E-state index contributed by atoms with van der Waals surface area (Å²) in [4.78, 5) is 7.81. The number of nitrogens with zero attached hydrogens (tertiary/aromatic N) is 2. The van der Waals surface area contributed by atoms with Gasteiger partial charge in [-0.25, -0.2) is 4.85 Å². The zero-order chi connectivity index (χ0) is 12.4. The molecule has 2 heteroatoms. The number of fused-ring (bicyclic) bond motifs is 1. The Bertz CT molecular complexity index is 749. The summed E-state index contributed by atoms with van der Waals surface area (Å²) in [6, 6.07) is 17.9. The van der Waals surface area contributed by atoms with E-state index in [-0.39, 0.29) is 0 Å². The van der Waals surface area contributed by atoms with E-state index in [2.05, 4.69) is 28.0 Å². The maximum atomic E-state index is 7.06. The SMILES string of the molecule is [C-]#[N+]c1ccnc(-c2cccc3ccccc23)c1. The Balaban J connectivity index is 2.28. The third-order valence-corrected chi connectivity index (χ3v) is 2.94. The van der Waals surface area contributed by atoms with Crippen LogP contribution in [0.3, 0.4) is 0 Å². The lowest BCUT2D eigenvalue weighted by molar-refractivity contribution is 1.34. The Kier molecular flexibility index (Phi) is 2.51. The topological polar surface area (TPSA) is 17.2 Å². The predicted octanol–water partition coefficient (Wildman–Crippen LogP) is 4.45. The van der Waals surface area contributed by atoms with Crippen molar-refractivity contribution in [1.82, 2.24) is 4.98 Å². The van der Waals surface area contributed by atoms with Gasteiger partial charge in [-0.15, -0.1) is 0 Å². The van der Waals surface area contributed by atoms with Crippen LogP contribution in [0, 0.1) is 6.57 Å². The Morgan fingerprint density at radius 2 is 1.78 bits per heavy atom. The lowest BCUT2D eigenvalue weighted by atomic mass is 10.0. The first-order valence-corrected chi connectivity index (χ1v) is 5.70. The average molecular weight is 230 g/mol. The fraction of sp³-hybridized carbons (Fsp3) is 0. The van der Waals surface area contributed by atoms with Crippen molar-refractivity contribution >= 4 is 16.5 Å². The maximum absolute atomic E-state index is 7.06. The quantitative estimate of drug-likeness (QED) is 0.564. The highest BCUT2D eigenvalue weighted by Gasteiger charge is 2.04. The molecule has 2 nitrogen and oxygen atoms in total. The molecule has 0 N–H and O–H groups in total.